The number of anilines is 2. The third-order valence-electron chi connectivity index (χ3n) is 5.13. The van der Waals surface area contributed by atoms with E-state index < -0.39 is 0 Å². The molecular formula is C20H30N4O. The Hall–Kier alpha value is -2.01. The van der Waals surface area contributed by atoms with Gasteiger partial charge in [-0.25, -0.2) is 0 Å². The van der Waals surface area contributed by atoms with Crippen LogP contribution >= 0.6 is 0 Å². The SMILES string of the molecule is Cc1nn(CCO)c(C)c1CNc1cccc(N2CCCCCC2)c1. The van der Waals surface area contributed by atoms with Gasteiger partial charge in [-0.15, -0.1) is 0 Å². The van der Waals surface area contributed by atoms with Gasteiger partial charge >= 0.3 is 0 Å². The predicted molar refractivity (Wildman–Crippen MR) is 103 cm³/mol. The highest BCUT2D eigenvalue weighted by Gasteiger charge is 2.12. The van der Waals surface area contributed by atoms with Crippen LogP contribution in [0.5, 0.6) is 0 Å². The Balaban J connectivity index is 1.68. The van der Waals surface area contributed by atoms with Crippen LogP contribution in [0.25, 0.3) is 0 Å². The summed E-state index contributed by atoms with van der Waals surface area (Å²) in [6.45, 7) is 7.85. The minimum Gasteiger partial charge on any atom is -0.394 e. The summed E-state index contributed by atoms with van der Waals surface area (Å²) in [7, 11) is 0. The van der Waals surface area contributed by atoms with Crippen molar-refractivity contribution >= 4 is 11.4 Å². The largest absolute Gasteiger partial charge is 0.394 e. The van der Waals surface area contributed by atoms with Gasteiger partial charge in [0.1, 0.15) is 0 Å². The summed E-state index contributed by atoms with van der Waals surface area (Å²) in [6.07, 6.45) is 5.29. The normalized spacial score (nSPS) is 15.2. The Morgan fingerprint density at radius 1 is 1.12 bits per heavy atom. The van der Waals surface area contributed by atoms with Crippen LogP contribution in [0.2, 0.25) is 0 Å². The van der Waals surface area contributed by atoms with E-state index in [1.54, 1.807) is 0 Å². The summed E-state index contributed by atoms with van der Waals surface area (Å²) in [5, 5.41) is 17.2. The van der Waals surface area contributed by atoms with Crippen LogP contribution in [-0.2, 0) is 13.1 Å². The number of rotatable bonds is 6. The van der Waals surface area contributed by atoms with Gasteiger partial charge in [-0.05, 0) is 44.9 Å². The predicted octanol–water partition coefficient (Wildman–Crippen LogP) is 3.48. The molecule has 25 heavy (non-hydrogen) atoms. The maximum atomic E-state index is 9.15. The average molecular weight is 342 g/mol. The quantitative estimate of drug-likeness (QED) is 0.844. The van der Waals surface area contributed by atoms with Crippen LogP contribution in [0, 0.1) is 13.8 Å². The van der Waals surface area contributed by atoms with Crippen LogP contribution in [0.15, 0.2) is 24.3 Å². The number of nitrogens with zero attached hydrogens (tertiary/aromatic N) is 3. The van der Waals surface area contributed by atoms with Gasteiger partial charge in [0.25, 0.3) is 0 Å². The van der Waals surface area contributed by atoms with Crippen molar-refractivity contribution in [1.29, 1.82) is 0 Å². The number of hydrogen-bond donors (Lipinski definition) is 2. The number of benzene rings is 1. The molecule has 1 aromatic carbocycles. The van der Waals surface area contributed by atoms with E-state index in [2.05, 4.69) is 46.5 Å². The van der Waals surface area contributed by atoms with Crippen molar-refractivity contribution in [3.63, 3.8) is 0 Å². The van der Waals surface area contributed by atoms with E-state index in [9.17, 15) is 0 Å². The highest BCUT2D eigenvalue weighted by atomic mass is 16.3. The van der Waals surface area contributed by atoms with Crippen molar-refractivity contribution in [3.8, 4) is 0 Å². The van der Waals surface area contributed by atoms with Gasteiger partial charge in [0.05, 0.1) is 18.8 Å². The lowest BCUT2D eigenvalue weighted by Crippen LogP contribution is -2.23. The molecule has 0 atom stereocenters. The molecule has 0 unspecified atom stereocenters. The highest BCUT2D eigenvalue weighted by molar-refractivity contribution is 5.58. The Morgan fingerprint density at radius 2 is 1.88 bits per heavy atom. The average Bonchev–Trinajstić information content (AvgIpc) is 2.82. The molecule has 1 aliphatic heterocycles. The minimum absolute atomic E-state index is 0.118. The number of aryl methyl sites for hydroxylation is 1. The molecule has 1 aliphatic rings. The Morgan fingerprint density at radius 3 is 2.60 bits per heavy atom. The molecule has 0 amide bonds. The number of aliphatic hydroxyl groups excluding tert-OH is 1. The second kappa shape index (κ2) is 8.39. The standard InChI is InChI=1S/C20H30N4O/c1-16-20(17(2)24(22-16)12-13-25)15-21-18-8-7-9-19(14-18)23-10-5-3-4-6-11-23/h7-9,14,21,25H,3-6,10-13,15H2,1-2H3. The summed E-state index contributed by atoms with van der Waals surface area (Å²) in [4.78, 5) is 2.51. The Kier molecular flexibility index (Phi) is 5.97. The van der Waals surface area contributed by atoms with Crippen molar-refractivity contribution in [1.82, 2.24) is 9.78 Å². The van der Waals surface area contributed by atoms with Crippen LogP contribution in [0.3, 0.4) is 0 Å². The zero-order valence-electron chi connectivity index (χ0n) is 15.5. The molecule has 0 saturated carbocycles. The summed E-state index contributed by atoms with van der Waals surface area (Å²) in [5.74, 6) is 0. The van der Waals surface area contributed by atoms with Crippen molar-refractivity contribution in [2.45, 2.75) is 52.6 Å². The van der Waals surface area contributed by atoms with E-state index in [0.717, 1.165) is 36.7 Å². The molecule has 136 valence electrons. The van der Waals surface area contributed by atoms with E-state index in [-0.39, 0.29) is 6.61 Å². The zero-order valence-corrected chi connectivity index (χ0v) is 15.5. The second-order valence-electron chi connectivity index (χ2n) is 6.90. The molecule has 0 aliphatic carbocycles. The molecule has 1 aromatic heterocycles. The summed E-state index contributed by atoms with van der Waals surface area (Å²) >= 11 is 0. The van der Waals surface area contributed by atoms with Gasteiger partial charge in [0.15, 0.2) is 0 Å². The maximum Gasteiger partial charge on any atom is 0.0646 e. The van der Waals surface area contributed by atoms with Gasteiger partial charge in [0.2, 0.25) is 0 Å². The number of aliphatic hydroxyl groups is 1. The zero-order chi connectivity index (χ0) is 17.6. The van der Waals surface area contributed by atoms with E-state index in [4.69, 9.17) is 5.11 Å². The molecule has 2 N–H and O–H groups in total. The fourth-order valence-corrected chi connectivity index (χ4v) is 3.63. The van der Waals surface area contributed by atoms with Gasteiger partial charge in [-0.1, -0.05) is 18.9 Å². The molecule has 0 spiro atoms. The van der Waals surface area contributed by atoms with Crippen molar-refractivity contribution in [2.24, 2.45) is 0 Å². The van der Waals surface area contributed by atoms with E-state index >= 15 is 0 Å². The van der Waals surface area contributed by atoms with E-state index in [1.165, 1.54) is 36.9 Å². The van der Waals surface area contributed by atoms with Crippen LogP contribution in [0.1, 0.15) is 42.6 Å². The van der Waals surface area contributed by atoms with Gasteiger partial charge in [0, 0.05) is 42.3 Å². The molecule has 2 heterocycles. The fraction of sp³-hybridized carbons (Fsp3) is 0.550. The van der Waals surface area contributed by atoms with E-state index in [0.29, 0.717) is 6.54 Å². The van der Waals surface area contributed by atoms with Crippen LogP contribution in [0.4, 0.5) is 11.4 Å². The monoisotopic (exact) mass is 342 g/mol. The number of hydrogen-bond acceptors (Lipinski definition) is 4. The molecule has 2 aromatic rings. The van der Waals surface area contributed by atoms with Crippen molar-refractivity contribution < 1.29 is 5.11 Å². The molecule has 5 heteroatoms. The van der Waals surface area contributed by atoms with Crippen LogP contribution < -0.4 is 10.2 Å². The van der Waals surface area contributed by atoms with Gasteiger partial charge in [-0.2, -0.15) is 5.10 Å². The number of nitrogens with one attached hydrogen (secondary N) is 1. The molecule has 1 fully saturated rings. The molecule has 5 nitrogen and oxygen atoms in total. The summed E-state index contributed by atoms with van der Waals surface area (Å²) in [6, 6.07) is 8.74. The lowest BCUT2D eigenvalue weighted by molar-refractivity contribution is 0.268. The van der Waals surface area contributed by atoms with Gasteiger partial charge < -0.3 is 15.3 Å². The first-order valence-corrected chi connectivity index (χ1v) is 9.41. The lowest BCUT2D eigenvalue weighted by Gasteiger charge is -2.23. The highest BCUT2D eigenvalue weighted by Crippen LogP contribution is 2.23. The van der Waals surface area contributed by atoms with Gasteiger partial charge in [-0.3, -0.25) is 4.68 Å². The molecule has 0 radical (unpaired) electrons. The molecule has 1 saturated heterocycles. The third-order valence-corrected chi connectivity index (χ3v) is 5.13. The first kappa shape index (κ1) is 17.8. The van der Waals surface area contributed by atoms with Crippen molar-refractivity contribution in [3.05, 3.63) is 41.2 Å². The smallest absolute Gasteiger partial charge is 0.0646 e. The summed E-state index contributed by atoms with van der Waals surface area (Å²) < 4.78 is 1.89. The summed E-state index contributed by atoms with van der Waals surface area (Å²) in [5.41, 5.74) is 5.84. The minimum atomic E-state index is 0.118. The van der Waals surface area contributed by atoms with Crippen molar-refractivity contribution in [2.75, 3.05) is 29.9 Å². The Bertz CT molecular complexity index is 687. The molecule has 0 bridgehead atoms. The maximum absolute atomic E-state index is 9.15. The molecule has 3 rings (SSSR count). The Labute approximate surface area is 150 Å². The molecular weight excluding hydrogens is 312 g/mol. The van der Waals surface area contributed by atoms with E-state index in [1.807, 2.05) is 11.6 Å². The second-order valence-corrected chi connectivity index (χ2v) is 6.90. The first-order valence-electron chi connectivity index (χ1n) is 9.41. The lowest BCUT2D eigenvalue weighted by atomic mass is 10.2. The third kappa shape index (κ3) is 4.34. The van der Waals surface area contributed by atoms with Crippen LogP contribution in [-0.4, -0.2) is 34.6 Å². The fourth-order valence-electron chi connectivity index (χ4n) is 3.63. The first-order chi connectivity index (χ1) is 12.2. The topological polar surface area (TPSA) is 53.3 Å². The number of aromatic nitrogens is 2.